The summed E-state index contributed by atoms with van der Waals surface area (Å²) >= 11 is 1.42. The fraction of sp³-hybridized carbons (Fsp3) is 0.235. The van der Waals surface area contributed by atoms with Gasteiger partial charge in [-0.25, -0.2) is 4.39 Å². The lowest BCUT2D eigenvalue weighted by Crippen LogP contribution is -2.12. The highest BCUT2D eigenvalue weighted by Gasteiger charge is 2.08. The monoisotopic (exact) mass is 343 g/mol. The Kier molecular flexibility index (Phi) is 5.12. The Morgan fingerprint density at radius 3 is 2.75 bits per heavy atom. The lowest BCUT2D eigenvalue weighted by Gasteiger charge is -2.11. The predicted molar refractivity (Wildman–Crippen MR) is 94.3 cm³/mol. The Balaban J connectivity index is 1.64. The molecule has 0 amide bonds. The molecule has 0 aliphatic rings. The Bertz CT molecular complexity index is 804. The van der Waals surface area contributed by atoms with E-state index < -0.39 is 0 Å². The van der Waals surface area contributed by atoms with Crippen molar-refractivity contribution in [2.24, 2.45) is 0 Å². The molecule has 2 aromatic heterocycles. The molecule has 0 fully saturated rings. The average Bonchev–Trinajstić information content (AvgIpc) is 3.05. The first-order valence-corrected chi connectivity index (χ1v) is 8.34. The van der Waals surface area contributed by atoms with E-state index in [0.29, 0.717) is 23.8 Å². The van der Waals surface area contributed by atoms with Crippen molar-refractivity contribution in [3.63, 3.8) is 0 Å². The minimum Gasteiger partial charge on any atom is -0.356 e. The number of anilines is 1. The minimum absolute atomic E-state index is 0.186. The van der Waals surface area contributed by atoms with Gasteiger partial charge in [0, 0.05) is 24.8 Å². The molecule has 0 atom stereocenters. The van der Waals surface area contributed by atoms with Crippen molar-refractivity contribution in [3.8, 4) is 10.7 Å². The van der Waals surface area contributed by atoms with Crippen LogP contribution in [0.2, 0.25) is 0 Å². The molecule has 0 unspecified atom stereocenters. The Morgan fingerprint density at radius 1 is 1.17 bits per heavy atom. The molecule has 1 aromatic carbocycles. The van der Waals surface area contributed by atoms with Gasteiger partial charge in [-0.05, 0) is 37.9 Å². The topological polar surface area (TPSA) is 53.9 Å². The average molecular weight is 343 g/mol. The number of nitrogens with one attached hydrogen (secondary N) is 1. The number of hydrogen-bond donors (Lipinski definition) is 1. The van der Waals surface area contributed by atoms with Crippen molar-refractivity contribution in [2.45, 2.75) is 13.1 Å². The third-order valence-electron chi connectivity index (χ3n) is 3.36. The summed E-state index contributed by atoms with van der Waals surface area (Å²) < 4.78 is 14.1. The van der Waals surface area contributed by atoms with E-state index in [-0.39, 0.29) is 5.82 Å². The van der Waals surface area contributed by atoms with Gasteiger partial charge in [0.2, 0.25) is 5.13 Å². The molecule has 0 bridgehead atoms. The predicted octanol–water partition coefficient (Wildman–Crippen LogP) is 3.41. The van der Waals surface area contributed by atoms with Crippen molar-refractivity contribution in [3.05, 3.63) is 59.5 Å². The first-order chi connectivity index (χ1) is 11.6. The fourth-order valence-electron chi connectivity index (χ4n) is 2.23. The Hall–Kier alpha value is -2.38. The van der Waals surface area contributed by atoms with Gasteiger partial charge in [-0.3, -0.25) is 4.98 Å². The number of aromatic nitrogens is 3. The molecule has 7 heteroatoms. The molecule has 0 aliphatic carbocycles. The van der Waals surface area contributed by atoms with Gasteiger partial charge in [0.15, 0.2) is 5.01 Å². The molecule has 1 N–H and O–H groups in total. The van der Waals surface area contributed by atoms with Crippen LogP contribution >= 0.6 is 11.3 Å². The summed E-state index contributed by atoms with van der Waals surface area (Å²) in [5, 5.41) is 12.9. The van der Waals surface area contributed by atoms with Gasteiger partial charge in [-0.1, -0.05) is 29.5 Å². The number of benzene rings is 1. The molecule has 0 radical (unpaired) electrons. The van der Waals surface area contributed by atoms with Crippen molar-refractivity contribution in [2.75, 3.05) is 19.4 Å². The van der Waals surface area contributed by atoms with E-state index in [4.69, 9.17) is 0 Å². The van der Waals surface area contributed by atoms with Crippen LogP contribution in [0.3, 0.4) is 0 Å². The zero-order valence-electron chi connectivity index (χ0n) is 13.5. The van der Waals surface area contributed by atoms with Crippen LogP contribution in [-0.2, 0) is 13.1 Å². The van der Waals surface area contributed by atoms with Gasteiger partial charge in [0.1, 0.15) is 11.5 Å². The standard InChI is InChI=1S/C17H18FN5S/c1-23(2)11-13-7-6-12(9-14(13)18)10-20-17-22-21-16(24-17)15-5-3-4-8-19-15/h3-9H,10-11H2,1-2H3,(H,20,22). The molecule has 5 nitrogen and oxygen atoms in total. The second-order valence-corrected chi connectivity index (χ2v) is 6.62. The van der Waals surface area contributed by atoms with Gasteiger partial charge in [-0.2, -0.15) is 0 Å². The van der Waals surface area contributed by atoms with Crippen LogP contribution in [0.5, 0.6) is 0 Å². The maximum Gasteiger partial charge on any atom is 0.206 e. The van der Waals surface area contributed by atoms with Crippen LogP contribution in [0.25, 0.3) is 10.7 Å². The number of nitrogens with zero attached hydrogens (tertiary/aromatic N) is 4. The number of rotatable bonds is 6. The molecule has 3 rings (SSSR count). The van der Waals surface area contributed by atoms with Crippen LogP contribution < -0.4 is 5.32 Å². The van der Waals surface area contributed by atoms with Crippen LogP contribution in [-0.4, -0.2) is 34.2 Å². The summed E-state index contributed by atoms with van der Waals surface area (Å²) in [6.07, 6.45) is 1.72. The largest absolute Gasteiger partial charge is 0.356 e. The molecule has 0 spiro atoms. The van der Waals surface area contributed by atoms with E-state index in [9.17, 15) is 4.39 Å². The van der Waals surface area contributed by atoms with Crippen molar-refractivity contribution in [1.29, 1.82) is 0 Å². The molecule has 0 saturated carbocycles. The highest BCUT2D eigenvalue weighted by molar-refractivity contribution is 7.18. The maximum atomic E-state index is 14.1. The van der Waals surface area contributed by atoms with Gasteiger partial charge in [0.05, 0.1) is 0 Å². The normalized spacial score (nSPS) is 11.0. The van der Waals surface area contributed by atoms with Crippen molar-refractivity contribution in [1.82, 2.24) is 20.1 Å². The summed E-state index contributed by atoms with van der Waals surface area (Å²) in [6.45, 7) is 1.08. The summed E-state index contributed by atoms with van der Waals surface area (Å²) in [4.78, 5) is 6.19. The van der Waals surface area contributed by atoms with Gasteiger partial charge < -0.3 is 10.2 Å². The molecule has 2 heterocycles. The Morgan fingerprint density at radius 2 is 2.04 bits per heavy atom. The van der Waals surface area contributed by atoms with E-state index in [2.05, 4.69) is 20.5 Å². The zero-order chi connectivity index (χ0) is 16.9. The van der Waals surface area contributed by atoms with Crippen LogP contribution in [0, 0.1) is 5.82 Å². The summed E-state index contributed by atoms with van der Waals surface area (Å²) in [6, 6.07) is 11.0. The van der Waals surface area contributed by atoms with E-state index in [1.54, 1.807) is 12.3 Å². The van der Waals surface area contributed by atoms with Crippen molar-refractivity contribution < 1.29 is 4.39 Å². The third-order valence-corrected chi connectivity index (χ3v) is 4.26. The Labute approximate surface area is 144 Å². The molecule has 24 heavy (non-hydrogen) atoms. The molecular formula is C17H18FN5S. The highest BCUT2D eigenvalue weighted by atomic mass is 32.1. The molecule has 3 aromatic rings. The number of hydrogen-bond acceptors (Lipinski definition) is 6. The van der Waals surface area contributed by atoms with E-state index in [1.807, 2.05) is 49.3 Å². The first-order valence-electron chi connectivity index (χ1n) is 7.52. The highest BCUT2D eigenvalue weighted by Crippen LogP contribution is 2.24. The molecule has 124 valence electrons. The van der Waals surface area contributed by atoms with Crippen LogP contribution in [0.15, 0.2) is 42.6 Å². The second-order valence-electron chi connectivity index (χ2n) is 5.64. The second kappa shape index (κ2) is 7.46. The van der Waals surface area contributed by atoms with Gasteiger partial charge in [-0.15, -0.1) is 10.2 Å². The van der Waals surface area contributed by atoms with Gasteiger partial charge >= 0.3 is 0 Å². The van der Waals surface area contributed by atoms with Crippen molar-refractivity contribution >= 4 is 16.5 Å². The quantitative estimate of drug-likeness (QED) is 0.743. The van der Waals surface area contributed by atoms with E-state index in [0.717, 1.165) is 16.3 Å². The van der Waals surface area contributed by atoms with E-state index >= 15 is 0 Å². The number of pyridine rings is 1. The smallest absolute Gasteiger partial charge is 0.206 e. The van der Waals surface area contributed by atoms with Crippen LogP contribution in [0.4, 0.5) is 9.52 Å². The summed E-state index contributed by atoms with van der Waals surface area (Å²) in [5.41, 5.74) is 2.35. The lowest BCUT2D eigenvalue weighted by atomic mass is 10.1. The van der Waals surface area contributed by atoms with E-state index in [1.165, 1.54) is 11.3 Å². The SMILES string of the molecule is CN(C)Cc1ccc(CNc2nnc(-c3ccccn3)s2)cc1F. The zero-order valence-corrected chi connectivity index (χ0v) is 14.3. The molecular weight excluding hydrogens is 325 g/mol. The third kappa shape index (κ3) is 4.12. The first kappa shape index (κ1) is 16.5. The van der Waals surface area contributed by atoms with Gasteiger partial charge in [0.25, 0.3) is 0 Å². The van der Waals surface area contributed by atoms with Crippen LogP contribution in [0.1, 0.15) is 11.1 Å². The lowest BCUT2D eigenvalue weighted by molar-refractivity contribution is 0.392. The fourth-order valence-corrected chi connectivity index (χ4v) is 2.95. The number of halogens is 1. The summed E-state index contributed by atoms with van der Waals surface area (Å²) in [5.74, 6) is -0.186. The maximum absolute atomic E-state index is 14.1. The minimum atomic E-state index is -0.186. The molecule has 0 aliphatic heterocycles. The summed E-state index contributed by atoms with van der Waals surface area (Å²) in [7, 11) is 3.84. The molecule has 0 saturated heterocycles.